The summed E-state index contributed by atoms with van der Waals surface area (Å²) in [6.07, 6.45) is 1.30. The summed E-state index contributed by atoms with van der Waals surface area (Å²) in [5.74, 6) is -0.602. The lowest BCUT2D eigenvalue weighted by atomic mass is 10.2. The molecule has 1 aliphatic rings. The molecule has 0 radical (unpaired) electrons. The molecule has 8 heteroatoms. The van der Waals surface area contributed by atoms with E-state index in [1.54, 1.807) is 6.21 Å². The Bertz CT molecular complexity index is 613. The Hall–Kier alpha value is -2.35. The van der Waals surface area contributed by atoms with E-state index in [4.69, 9.17) is 9.84 Å². The summed E-state index contributed by atoms with van der Waals surface area (Å²) < 4.78 is 5.33. The maximum atomic E-state index is 11.5. The second-order valence-electron chi connectivity index (χ2n) is 4.35. The lowest BCUT2D eigenvalue weighted by molar-refractivity contribution is -0.138. The van der Waals surface area contributed by atoms with E-state index in [0.29, 0.717) is 11.8 Å². The molecule has 2 rings (SSSR count). The summed E-state index contributed by atoms with van der Waals surface area (Å²) in [5.41, 5.74) is 0.837. The van der Waals surface area contributed by atoms with Crippen LogP contribution in [0.3, 0.4) is 0 Å². The largest absolute Gasteiger partial charge is 0.494 e. The summed E-state index contributed by atoms with van der Waals surface area (Å²) in [6, 6.07) is 7.32. The number of rotatable bonds is 6. The monoisotopic (exact) mass is 321 g/mol. The van der Waals surface area contributed by atoms with Crippen LogP contribution < -0.4 is 10.1 Å². The van der Waals surface area contributed by atoms with Crippen LogP contribution in [-0.4, -0.2) is 40.2 Å². The highest BCUT2D eigenvalue weighted by atomic mass is 32.2. The van der Waals surface area contributed by atoms with Gasteiger partial charge in [0, 0.05) is 0 Å². The Morgan fingerprint density at radius 3 is 2.82 bits per heavy atom. The second-order valence-corrected chi connectivity index (χ2v) is 5.54. The highest BCUT2D eigenvalue weighted by Crippen LogP contribution is 2.22. The molecule has 1 saturated heterocycles. The maximum absolute atomic E-state index is 11.5. The van der Waals surface area contributed by atoms with Crippen LogP contribution in [0.2, 0.25) is 0 Å². The smallest absolute Gasteiger partial charge is 0.305 e. The van der Waals surface area contributed by atoms with Gasteiger partial charge in [-0.1, -0.05) is 11.8 Å². The Labute approximate surface area is 131 Å². The third-order valence-corrected chi connectivity index (χ3v) is 3.76. The lowest BCUT2D eigenvalue weighted by Crippen LogP contribution is -2.26. The van der Waals surface area contributed by atoms with Crippen molar-refractivity contribution < 1.29 is 19.4 Å². The fourth-order valence-electron chi connectivity index (χ4n) is 1.71. The SMILES string of the molecule is CCOc1ccc(/C=N\N=C2\NC(=O)C(CC(=O)O)S2)cc1. The fourth-order valence-corrected chi connectivity index (χ4v) is 2.63. The predicted molar refractivity (Wildman–Crippen MR) is 84.4 cm³/mol. The molecule has 22 heavy (non-hydrogen) atoms. The molecule has 7 nitrogen and oxygen atoms in total. The quantitative estimate of drug-likeness (QED) is 0.610. The zero-order valence-electron chi connectivity index (χ0n) is 11.9. The third kappa shape index (κ3) is 4.59. The second kappa shape index (κ2) is 7.60. The van der Waals surface area contributed by atoms with E-state index in [1.165, 1.54) is 0 Å². The molecule has 1 atom stereocenters. The van der Waals surface area contributed by atoms with Crippen molar-refractivity contribution in [3.63, 3.8) is 0 Å². The molecule has 0 aliphatic carbocycles. The van der Waals surface area contributed by atoms with Crippen molar-refractivity contribution in [3.8, 4) is 5.75 Å². The number of carboxylic acids is 1. The molecule has 1 heterocycles. The molecule has 1 unspecified atom stereocenters. The average molecular weight is 321 g/mol. The van der Waals surface area contributed by atoms with E-state index in [-0.39, 0.29) is 12.3 Å². The molecule has 1 aliphatic heterocycles. The number of hydrogen-bond acceptors (Lipinski definition) is 6. The molecule has 0 aromatic heterocycles. The molecule has 1 aromatic rings. The van der Waals surface area contributed by atoms with Crippen LogP contribution >= 0.6 is 11.8 Å². The van der Waals surface area contributed by atoms with Crippen molar-refractivity contribution >= 4 is 35.0 Å². The normalized spacial score (nSPS) is 19.6. The minimum absolute atomic E-state index is 0.238. The Balaban J connectivity index is 1.94. The summed E-state index contributed by atoms with van der Waals surface area (Å²) >= 11 is 1.07. The maximum Gasteiger partial charge on any atom is 0.305 e. The van der Waals surface area contributed by atoms with Gasteiger partial charge in [-0.3, -0.25) is 9.59 Å². The minimum atomic E-state index is -1.02. The number of hydrogen-bond donors (Lipinski definition) is 2. The third-order valence-electron chi connectivity index (χ3n) is 2.68. The van der Waals surface area contributed by atoms with Gasteiger partial charge in [0.05, 0.1) is 19.2 Å². The number of benzene rings is 1. The van der Waals surface area contributed by atoms with Gasteiger partial charge in [-0.05, 0) is 36.8 Å². The van der Waals surface area contributed by atoms with E-state index in [9.17, 15) is 9.59 Å². The van der Waals surface area contributed by atoms with Crippen molar-refractivity contribution in [2.24, 2.45) is 10.2 Å². The van der Waals surface area contributed by atoms with Crippen LogP contribution in [-0.2, 0) is 9.59 Å². The van der Waals surface area contributed by atoms with Gasteiger partial charge in [0.2, 0.25) is 5.91 Å². The highest BCUT2D eigenvalue weighted by Gasteiger charge is 2.32. The number of nitrogens with zero attached hydrogens (tertiary/aromatic N) is 2. The lowest BCUT2D eigenvalue weighted by Gasteiger charge is -2.01. The van der Waals surface area contributed by atoms with E-state index < -0.39 is 11.2 Å². The molecule has 2 N–H and O–H groups in total. The van der Waals surface area contributed by atoms with Gasteiger partial charge < -0.3 is 15.2 Å². The van der Waals surface area contributed by atoms with Gasteiger partial charge in [0.1, 0.15) is 11.0 Å². The summed E-state index contributed by atoms with van der Waals surface area (Å²) in [6.45, 7) is 2.52. The van der Waals surface area contributed by atoms with Crippen molar-refractivity contribution in [3.05, 3.63) is 29.8 Å². The topological polar surface area (TPSA) is 100 Å². The van der Waals surface area contributed by atoms with Crippen LogP contribution in [0.5, 0.6) is 5.75 Å². The fraction of sp³-hybridized carbons (Fsp3) is 0.286. The van der Waals surface area contributed by atoms with Crippen molar-refractivity contribution in [1.29, 1.82) is 0 Å². The van der Waals surface area contributed by atoms with Crippen LogP contribution in [0.25, 0.3) is 0 Å². The number of ether oxygens (including phenoxy) is 1. The highest BCUT2D eigenvalue weighted by molar-refractivity contribution is 8.15. The van der Waals surface area contributed by atoms with E-state index in [2.05, 4.69) is 15.5 Å². The first-order valence-electron chi connectivity index (χ1n) is 6.61. The average Bonchev–Trinajstić information content (AvgIpc) is 2.81. The Morgan fingerprint density at radius 2 is 2.18 bits per heavy atom. The van der Waals surface area contributed by atoms with Crippen LogP contribution in [0.4, 0.5) is 0 Å². The zero-order valence-corrected chi connectivity index (χ0v) is 12.7. The molecular weight excluding hydrogens is 306 g/mol. The molecule has 1 amide bonds. The summed E-state index contributed by atoms with van der Waals surface area (Å²) in [7, 11) is 0. The van der Waals surface area contributed by atoms with Gasteiger partial charge in [-0.15, -0.1) is 5.10 Å². The van der Waals surface area contributed by atoms with Crippen LogP contribution in [0.1, 0.15) is 18.9 Å². The van der Waals surface area contributed by atoms with Crippen LogP contribution in [0, 0.1) is 0 Å². The standard InChI is InChI=1S/C14H15N3O4S/c1-2-21-10-5-3-9(4-6-10)8-15-17-14-16-13(20)11(22-14)7-12(18)19/h3-6,8,11H,2,7H2,1H3,(H,18,19)(H,16,17,20)/b15-8-. The number of carbonyl (C=O) groups is 2. The number of carbonyl (C=O) groups excluding carboxylic acids is 1. The number of nitrogens with one attached hydrogen (secondary N) is 1. The number of thioether (sulfide) groups is 1. The van der Waals surface area contributed by atoms with E-state index in [0.717, 1.165) is 23.1 Å². The minimum Gasteiger partial charge on any atom is -0.494 e. The number of amidine groups is 1. The van der Waals surface area contributed by atoms with E-state index >= 15 is 0 Å². The van der Waals surface area contributed by atoms with Gasteiger partial charge in [0.15, 0.2) is 5.17 Å². The molecule has 0 bridgehead atoms. The number of aliphatic carboxylic acids is 1. The van der Waals surface area contributed by atoms with Gasteiger partial charge in [-0.25, -0.2) is 0 Å². The molecule has 0 saturated carbocycles. The van der Waals surface area contributed by atoms with Gasteiger partial charge >= 0.3 is 5.97 Å². The summed E-state index contributed by atoms with van der Waals surface area (Å²) in [4.78, 5) is 22.1. The van der Waals surface area contributed by atoms with E-state index in [1.807, 2.05) is 31.2 Å². The molecule has 0 spiro atoms. The first kappa shape index (κ1) is 16.0. The van der Waals surface area contributed by atoms with Crippen LogP contribution in [0.15, 0.2) is 34.5 Å². The Kier molecular flexibility index (Phi) is 5.54. The molecule has 1 fully saturated rings. The van der Waals surface area contributed by atoms with Crippen molar-refractivity contribution in [2.75, 3.05) is 6.61 Å². The first-order chi connectivity index (χ1) is 10.6. The van der Waals surface area contributed by atoms with Crippen molar-refractivity contribution in [2.45, 2.75) is 18.6 Å². The number of amides is 1. The van der Waals surface area contributed by atoms with Gasteiger partial charge in [0.25, 0.3) is 0 Å². The van der Waals surface area contributed by atoms with Crippen molar-refractivity contribution in [1.82, 2.24) is 5.32 Å². The predicted octanol–water partition coefficient (Wildman–Crippen LogP) is 1.48. The number of carboxylic acid groups (broad SMARTS) is 1. The summed E-state index contributed by atoms with van der Waals surface area (Å²) in [5, 5.41) is 18.6. The zero-order chi connectivity index (χ0) is 15.9. The molecule has 1 aromatic carbocycles. The molecular formula is C14H15N3O4S. The van der Waals surface area contributed by atoms with Gasteiger partial charge in [-0.2, -0.15) is 5.10 Å². The Morgan fingerprint density at radius 1 is 1.45 bits per heavy atom. The first-order valence-corrected chi connectivity index (χ1v) is 7.49. The molecule has 116 valence electrons.